The molecule has 9 nitrogen and oxygen atoms in total. The fraction of sp³-hybridized carbons (Fsp3) is 0.222. The van der Waals surface area contributed by atoms with Crippen molar-refractivity contribution in [1.82, 2.24) is 24.4 Å². The summed E-state index contributed by atoms with van der Waals surface area (Å²) in [5.41, 5.74) is 3.98. The van der Waals surface area contributed by atoms with Crippen LogP contribution in [0.5, 0.6) is 0 Å². The number of nitrogens with one attached hydrogen (secondary N) is 3. The predicted molar refractivity (Wildman–Crippen MR) is 102 cm³/mol. The fourth-order valence-corrected chi connectivity index (χ4v) is 2.95. The van der Waals surface area contributed by atoms with Crippen LogP contribution in [0.2, 0.25) is 0 Å². The van der Waals surface area contributed by atoms with Gasteiger partial charge in [0.1, 0.15) is 0 Å². The van der Waals surface area contributed by atoms with Gasteiger partial charge < -0.3 is 4.98 Å². The Kier molecular flexibility index (Phi) is 3.72. The summed E-state index contributed by atoms with van der Waals surface area (Å²) in [5, 5.41) is 3.22. The second-order valence-electron chi connectivity index (χ2n) is 6.65. The molecule has 27 heavy (non-hydrogen) atoms. The summed E-state index contributed by atoms with van der Waals surface area (Å²) in [6, 6.07) is 8.69. The Morgan fingerprint density at radius 2 is 1.93 bits per heavy atom. The first-order valence-electron chi connectivity index (χ1n) is 8.50. The summed E-state index contributed by atoms with van der Waals surface area (Å²) in [6.07, 6.45) is 0. The molecule has 0 aliphatic heterocycles. The Hall–Kier alpha value is -3.62. The molecule has 0 atom stereocenters. The van der Waals surface area contributed by atoms with Crippen LogP contribution in [0.15, 0.2) is 39.9 Å². The smallest absolute Gasteiger partial charge is 0.283 e. The van der Waals surface area contributed by atoms with E-state index in [0.717, 1.165) is 15.7 Å². The van der Waals surface area contributed by atoms with Crippen LogP contribution in [0.25, 0.3) is 27.9 Å². The summed E-state index contributed by atoms with van der Waals surface area (Å²) < 4.78 is 2.36. The topological polar surface area (TPSA) is 118 Å². The number of benzene rings is 1. The monoisotopic (exact) mass is 366 g/mol. The van der Waals surface area contributed by atoms with Crippen LogP contribution >= 0.6 is 0 Å². The molecular formula is C18H18N6O3. The summed E-state index contributed by atoms with van der Waals surface area (Å²) in [5.74, 6) is -0.292. The van der Waals surface area contributed by atoms with E-state index >= 15 is 0 Å². The number of aromatic nitrogens is 5. The number of imidazole rings is 1. The lowest BCUT2D eigenvalue weighted by atomic mass is 10.2. The van der Waals surface area contributed by atoms with Gasteiger partial charge in [-0.1, -0.05) is 26.0 Å². The van der Waals surface area contributed by atoms with Crippen LogP contribution in [-0.4, -0.2) is 30.3 Å². The minimum absolute atomic E-state index is 0.301. The molecule has 3 heterocycles. The lowest BCUT2D eigenvalue weighted by Gasteiger charge is -2.13. The zero-order valence-electron chi connectivity index (χ0n) is 15.0. The predicted octanol–water partition coefficient (Wildman–Crippen LogP) is 1.39. The van der Waals surface area contributed by atoms with Crippen LogP contribution in [-0.2, 0) is 4.79 Å². The van der Waals surface area contributed by atoms with E-state index in [2.05, 4.69) is 20.5 Å². The maximum atomic E-state index is 13.0. The highest BCUT2D eigenvalue weighted by atomic mass is 16.2. The molecule has 0 spiro atoms. The third kappa shape index (κ3) is 2.64. The number of para-hydroxylation sites is 2. The summed E-state index contributed by atoms with van der Waals surface area (Å²) in [7, 11) is 0. The van der Waals surface area contributed by atoms with Gasteiger partial charge in [0.15, 0.2) is 0 Å². The maximum absolute atomic E-state index is 13.0. The Morgan fingerprint density at radius 1 is 1.19 bits per heavy atom. The van der Waals surface area contributed by atoms with Gasteiger partial charge in [0.25, 0.3) is 11.1 Å². The van der Waals surface area contributed by atoms with Crippen LogP contribution in [0.1, 0.15) is 19.5 Å². The number of fused-ring (bicyclic) bond motifs is 2. The summed E-state index contributed by atoms with van der Waals surface area (Å²) >= 11 is 0. The molecule has 0 bridgehead atoms. The summed E-state index contributed by atoms with van der Waals surface area (Å²) in [6.45, 7) is 5.06. The Labute approximate surface area is 152 Å². The molecular weight excluding hydrogens is 348 g/mol. The molecule has 1 aromatic carbocycles. The van der Waals surface area contributed by atoms with E-state index in [-0.39, 0.29) is 17.4 Å². The Balaban J connectivity index is 1.91. The molecule has 4 aromatic rings. The van der Waals surface area contributed by atoms with Crippen molar-refractivity contribution in [1.29, 1.82) is 0 Å². The number of amides is 1. The zero-order chi connectivity index (χ0) is 19.3. The largest absolute Gasteiger partial charge is 0.322 e. The molecule has 0 aliphatic rings. The van der Waals surface area contributed by atoms with Crippen LogP contribution in [0, 0.1) is 12.8 Å². The average molecular weight is 366 g/mol. The second-order valence-corrected chi connectivity index (χ2v) is 6.65. The van der Waals surface area contributed by atoms with E-state index in [4.69, 9.17) is 0 Å². The van der Waals surface area contributed by atoms with E-state index < -0.39 is 5.56 Å². The third-order valence-corrected chi connectivity index (χ3v) is 4.44. The molecule has 3 N–H and O–H groups in total. The molecule has 0 fully saturated rings. The van der Waals surface area contributed by atoms with Gasteiger partial charge in [-0.25, -0.2) is 9.66 Å². The van der Waals surface area contributed by atoms with Gasteiger partial charge in [-0.3, -0.25) is 24.9 Å². The standard InChI is InChI=1S/C18H18N6O3/c1-9(2)16(26)22-23-10(3)15-13(8-14(23)25)21-24(17(15)27)18-19-11-6-4-5-7-12(11)20-18/h4-9,21H,1-3H3,(H,19,20)(H,22,26). The molecule has 9 heteroatoms. The molecule has 0 saturated carbocycles. The maximum Gasteiger partial charge on any atom is 0.283 e. The number of nitrogens with zero attached hydrogens (tertiary/aromatic N) is 3. The fourth-order valence-electron chi connectivity index (χ4n) is 2.95. The lowest BCUT2D eigenvalue weighted by Crippen LogP contribution is -2.36. The quantitative estimate of drug-likeness (QED) is 0.508. The number of hydrogen-bond acceptors (Lipinski definition) is 4. The Morgan fingerprint density at radius 3 is 2.63 bits per heavy atom. The summed E-state index contributed by atoms with van der Waals surface area (Å²) in [4.78, 5) is 44.8. The van der Waals surface area contributed by atoms with Crippen molar-refractivity contribution in [3.63, 3.8) is 0 Å². The van der Waals surface area contributed by atoms with E-state index in [0.29, 0.717) is 22.5 Å². The van der Waals surface area contributed by atoms with Crippen LogP contribution in [0.4, 0.5) is 0 Å². The minimum Gasteiger partial charge on any atom is -0.322 e. The lowest BCUT2D eigenvalue weighted by molar-refractivity contribution is -0.119. The Bertz CT molecular complexity index is 1270. The number of rotatable bonds is 3. The van der Waals surface area contributed by atoms with Crippen molar-refractivity contribution < 1.29 is 4.79 Å². The van der Waals surface area contributed by atoms with Gasteiger partial charge in [0, 0.05) is 12.0 Å². The van der Waals surface area contributed by atoms with E-state index in [1.807, 2.05) is 24.3 Å². The molecule has 3 aromatic heterocycles. The molecule has 1 amide bonds. The molecule has 0 radical (unpaired) electrons. The van der Waals surface area contributed by atoms with Gasteiger partial charge in [0.2, 0.25) is 11.9 Å². The first-order chi connectivity index (χ1) is 12.9. The number of aryl methyl sites for hydroxylation is 1. The van der Waals surface area contributed by atoms with Gasteiger partial charge in [0.05, 0.1) is 27.6 Å². The molecule has 0 aliphatic carbocycles. The highest BCUT2D eigenvalue weighted by molar-refractivity contribution is 5.87. The van der Waals surface area contributed by atoms with Crippen molar-refractivity contribution in [2.24, 2.45) is 5.92 Å². The number of carbonyl (C=O) groups is 1. The highest BCUT2D eigenvalue weighted by Crippen LogP contribution is 2.15. The first-order valence-corrected chi connectivity index (χ1v) is 8.50. The molecule has 138 valence electrons. The van der Waals surface area contributed by atoms with Crippen molar-refractivity contribution in [3.05, 3.63) is 56.7 Å². The van der Waals surface area contributed by atoms with Crippen molar-refractivity contribution in [2.45, 2.75) is 20.8 Å². The number of aromatic amines is 2. The van der Waals surface area contributed by atoms with Crippen molar-refractivity contribution in [3.8, 4) is 5.95 Å². The van der Waals surface area contributed by atoms with E-state index in [1.54, 1.807) is 20.8 Å². The van der Waals surface area contributed by atoms with Crippen LogP contribution in [0.3, 0.4) is 0 Å². The van der Waals surface area contributed by atoms with E-state index in [1.165, 1.54) is 10.7 Å². The number of pyridine rings is 1. The molecule has 4 rings (SSSR count). The van der Waals surface area contributed by atoms with Crippen molar-refractivity contribution in [2.75, 3.05) is 5.43 Å². The van der Waals surface area contributed by atoms with Gasteiger partial charge in [-0.05, 0) is 19.1 Å². The zero-order valence-corrected chi connectivity index (χ0v) is 15.0. The average Bonchev–Trinajstić information content (AvgIpc) is 3.19. The highest BCUT2D eigenvalue weighted by Gasteiger charge is 2.18. The SMILES string of the molecule is Cc1c2c(=O)n(-c3nc4ccccc4[nH]3)[nH]c2cc(=O)n1NC(=O)C(C)C. The van der Waals surface area contributed by atoms with E-state index in [9.17, 15) is 14.4 Å². The number of H-pyrrole nitrogens is 2. The van der Waals surface area contributed by atoms with Crippen molar-refractivity contribution >= 4 is 27.8 Å². The molecule has 0 saturated heterocycles. The normalized spacial score (nSPS) is 11.6. The van der Waals surface area contributed by atoms with Gasteiger partial charge >= 0.3 is 0 Å². The number of carbonyl (C=O) groups excluding carboxylic acids is 1. The minimum atomic E-state index is -0.438. The number of hydrogen-bond donors (Lipinski definition) is 3. The second kappa shape index (κ2) is 5.97. The molecule has 0 unspecified atom stereocenters. The van der Waals surface area contributed by atoms with Gasteiger partial charge in [-0.2, -0.15) is 4.68 Å². The van der Waals surface area contributed by atoms with Crippen LogP contribution < -0.4 is 16.5 Å². The van der Waals surface area contributed by atoms with Gasteiger partial charge in [-0.15, -0.1) is 0 Å². The third-order valence-electron chi connectivity index (χ3n) is 4.44. The first kappa shape index (κ1) is 16.8.